The van der Waals surface area contributed by atoms with E-state index in [1.54, 1.807) is 6.92 Å². The van der Waals surface area contributed by atoms with Crippen molar-refractivity contribution in [3.8, 4) is 0 Å². The number of rotatable bonds is 6. The first-order valence-corrected chi connectivity index (χ1v) is 8.38. The van der Waals surface area contributed by atoms with Gasteiger partial charge in [-0.3, -0.25) is 4.79 Å². The lowest BCUT2D eigenvalue weighted by Gasteiger charge is -2.15. The highest BCUT2D eigenvalue weighted by Gasteiger charge is 2.17. The van der Waals surface area contributed by atoms with Crippen LogP contribution in [0.3, 0.4) is 0 Å². The quantitative estimate of drug-likeness (QED) is 0.717. The fourth-order valence-electron chi connectivity index (χ4n) is 1.70. The molecule has 0 aromatic heterocycles. The van der Waals surface area contributed by atoms with E-state index in [-0.39, 0.29) is 20.9 Å². The second-order valence-corrected chi connectivity index (χ2v) is 7.21. The zero-order valence-corrected chi connectivity index (χ0v) is 13.6. The van der Waals surface area contributed by atoms with E-state index in [4.69, 9.17) is 4.74 Å². The summed E-state index contributed by atoms with van der Waals surface area (Å²) in [5, 5.41) is 0.137. The average Bonchev–Trinajstić information content (AvgIpc) is 2.39. The SMILES string of the molecule is CCOC(=O)SC(C)CC(C)SC(=O)c1ccccc1. The summed E-state index contributed by atoms with van der Waals surface area (Å²) in [6, 6.07) is 9.25. The molecule has 0 aliphatic carbocycles. The Labute approximate surface area is 128 Å². The lowest BCUT2D eigenvalue weighted by Crippen LogP contribution is -2.12. The van der Waals surface area contributed by atoms with Crippen molar-refractivity contribution >= 4 is 33.9 Å². The van der Waals surface area contributed by atoms with Crippen molar-refractivity contribution in [2.45, 2.75) is 37.7 Å². The molecule has 0 fully saturated rings. The molecule has 0 spiro atoms. The summed E-state index contributed by atoms with van der Waals surface area (Å²) < 4.78 is 4.89. The second kappa shape index (κ2) is 9.08. The van der Waals surface area contributed by atoms with E-state index in [2.05, 4.69) is 0 Å². The highest BCUT2D eigenvalue weighted by atomic mass is 32.2. The molecule has 2 atom stereocenters. The van der Waals surface area contributed by atoms with Crippen LogP contribution >= 0.6 is 23.5 Å². The second-order valence-electron chi connectivity index (χ2n) is 4.43. The lowest BCUT2D eigenvalue weighted by atomic mass is 10.2. The first-order chi connectivity index (χ1) is 9.52. The Morgan fingerprint density at radius 1 is 1.10 bits per heavy atom. The molecule has 20 heavy (non-hydrogen) atoms. The molecule has 0 heterocycles. The average molecular weight is 312 g/mol. The maximum absolute atomic E-state index is 12.0. The summed E-state index contributed by atoms with van der Waals surface area (Å²) in [5.74, 6) is 0. The van der Waals surface area contributed by atoms with Gasteiger partial charge in [0.1, 0.15) is 0 Å². The molecule has 1 rings (SSSR count). The summed E-state index contributed by atoms with van der Waals surface area (Å²) in [6.07, 6.45) is 0.784. The predicted molar refractivity (Wildman–Crippen MR) is 86.5 cm³/mol. The van der Waals surface area contributed by atoms with E-state index in [0.29, 0.717) is 6.61 Å². The molecule has 0 saturated heterocycles. The molecule has 0 saturated carbocycles. The van der Waals surface area contributed by atoms with Crippen molar-refractivity contribution in [2.75, 3.05) is 6.61 Å². The summed E-state index contributed by atoms with van der Waals surface area (Å²) in [4.78, 5) is 23.4. The Bertz CT molecular complexity index is 434. The molecular formula is C15H20O3S2. The van der Waals surface area contributed by atoms with Crippen LogP contribution in [-0.4, -0.2) is 27.5 Å². The standard InChI is InChI=1S/C15H20O3S2/c1-4-18-15(17)20-12(3)10-11(2)19-14(16)13-8-6-5-7-9-13/h5-9,11-12H,4,10H2,1-3H3. The number of carbonyl (C=O) groups is 2. The number of thioether (sulfide) groups is 2. The van der Waals surface area contributed by atoms with Gasteiger partial charge in [-0.05, 0) is 25.1 Å². The molecule has 2 unspecified atom stereocenters. The van der Waals surface area contributed by atoms with Gasteiger partial charge in [-0.2, -0.15) is 0 Å². The van der Waals surface area contributed by atoms with Crippen LogP contribution in [0.2, 0.25) is 0 Å². The fourth-order valence-corrected chi connectivity index (χ4v) is 3.75. The van der Waals surface area contributed by atoms with Crippen molar-refractivity contribution < 1.29 is 14.3 Å². The number of carbonyl (C=O) groups excluding carboxylic acids is 2. The molecule has 110 valence electrons. The van der Waals surface area contributed by atoms with E-state index in [1.807, 2.05) is 44.2 Å². The molecule has 0 N–H and O–H groups in total. The van der Waals surface area contributed by atoms with Gasteiger partial charge >= 0.3 is 5.30 Å². The number of hydrogen-bond donors (Lipinski definition) is 0. The third-order valence-corrected chi connectivity index (χ3v) is 4.49. The minimum Gasteiger partial charge on any atom is -0.458 e. The molecule has 3 nitrogen and oxygen atoms in total. The van der Waals surface area contributed by atoms with Gasteiger partial charge in [0.05, 0.1) is 6.61 Å². The predicted octanol–water partition coefficient (Wildman–Crippen LogP) is 4.62. The maximum Gasteiger partial charge on any atom is 0.367 e. The van der Waals surface area contributed by atoms with Crippen molar-refractivity contribution in [2.24, 2.45) is 0 Å². The van der Waals surface area contributed by atoms with Gasteiger partial charge in [0.15, 0.2) is 0 Å². The van der Waals surface area contributed by atoms with E-state index in [1.165, 1.54) is 23.5 Å². The normalized spacial score (nSPS) is 13.6. The van der Waals surface area contributed by atoms with E-state index < -0.39 is 0 Å². The molecule has 1 aromatic carbocycles. The minimum absolute atomic E-state index is 0.0754. The topological polar surface area (TPSA) is 43.4 Å². The van der Waals surface area contributed by atoms with E-state index in [9.17, 15) is 9.59 Å². The van der Waals surface area contributed by atoms with Gasteiger partial charge in [0.2, 0.25) is 5.12 Å². The Balaban J connectivity index is 2.38. The van der Waals surface area contributed by atoms with Crippen LogP contribution in [0.1, 0.15) is 37.6 Å². The van der Waals surface area contributed by atoms with Gasteiger partial charge in [0.25, 0.3) is 0 Å². The zero-order chi connectivity index (χ0) is 15.0. The third-order valence-electron chi connectivity index (χ3n) is 2.54. The summed E-state index contributed by atoms with van der Waals surface area (Å²) >= 11 is 2.51. The summed E-state index contributed by atoms with van der Waals surface area (Å²) in [5.41, 5.74) is 0.718. The van der Waals surface area contributed by atoms with Gasteiger partial charge in [0, 0.05) is 16.1 Å². The highest BCUT2D eigenvalue weighted by Crippen LogP contribution is 2.26. The largest absolute Gasteiger partial charge is 0.458 e. The van der Waals surface area contributed by atoms with Crippen LogP contribution in [0.4, 0.5) is 4.79 Å². The monoisotopic (exact) mass is 312 g/mol. The molecule has 0 bridgehead atoms. The first-order valence-electron chi connectivity index (χ1n) is 6.62. The van der Waals surface area contributed by atoms with Gasteiger partial charge < -0.3 is 4.74 Å². The molecule has 1 aromatic rings. The molecule has 0 aliphatic rings. The van der Waals surface area contributed by atoms with Gasteiger partial charge in [-0.25, -0.2) is 4.79 Å². The Morgan fingerprint density at radius 3 is 2.30 bits per heavy atom. The van der Waals surface area contributed by atoms with E-state index >= 15 is 0 Å². The molecule has 5 heteroatoms. The van der Waals surface area contributed by atoms with Crippen LogP contribution < -0.4 is 0 Å². The van der Waals surface area contributed by atoms with Gasteiger partial charge in [-0.1, -0.05) is 55.9 Å². The highest BCUT2D eigenvalue weighted by molar-refractivity contribution is 8.15. The minimum atomic E-state index is -0.244. The molecular weight excluding hydrogens is 292 g/mol. The number of ether oxygens (including phenoxy) is 1. The lowest BCUT2D eigenvalue weighted by molar-refractivity contribution is 0.108. The third kappa shape index (κ3) is 6.48. The molecule has 0 aliphatic heterocycles. The van der Waals surface area contributed by atoms with Crippen molar-refractivity contribution in [1.82, 2.24) is 0 Å². The van der Waals surface area contributed by atoms with Crippen molar-refractivity contribution in [3.63, 3.8) is 0 Å². The Hall–Kier alpha value is -0.940. The van der Waals surface area contributed by atoms with Crippen molar-refractivity contribution in [3.05, 3.63) is 35.9 Å². The smallest absolute Gasteiger partial charge is 0.367 e. The summed E-state index contributed by atoms with van der Waals surface area (Å²) in [6.45, 7) is 6.18. The van der Waals surface area contributed by atoms with E-state index in [0.717, 1.165) is 12.0 Å². The summed E-state index contributed by atoms with van der Waals surface area (Å²) in [7, 11) is 0. The van der Waals surface area contributed by atoms with Crippen LogP contribution in [0, 0.1) is 0 Å². The molecule has 0 amide bonds. The Morgan fingerprint density at radius 2 is 1.70 bits per heavy atom. The number of benzene rings is 1. The van der Waals surface area contributed by atoms with Gasteiger partial charge in [-0.15, -0.1) is 0 Å². The van der Waals surface area contributed by atoms with Crippen molar-refractivity contribution in [1.29, 1.82) is 0 Å². The van der Waals surface area contributed by atoms with Crippen LogP contribution in [-0.2, 0) is 4.74 Å². The maximum atomic E-state index is 12.0. The van der Waals surface area contributed by atoms with Crippen LogP contribution in [0.5, 0.6) is 0 Å². The zero-order valence-electron chi connectivity index (χ0n) is 12.0. The van der Waals surface area contributed by atoms with Crippen LogP contribution in [0.25, 0.3) is 0 Å². The Kier molecular flexibility index (Phi) is 7.77. The van der Waals surface area contributed by atoms with Crippen LogP contribution in [0.15, 0.2) is 30.3 Å². The fraction of sp³-hybridized carbons (Fsp3) is 0.467. The first kappa shape index (κ1) is 17.1. The number of hydrogen-bond acceptors (Lipinski definition) is 5. The molecule has 0 radical (unpaired) electrons.